The van der Waals surface area contributed by atoms with Gasteiger partial charge < -0.3 is 5.32 Å². The summed E-state index contributed by atoms with van der Waals surface area (Å²) < 4.78 is 39.0. The highest BCUT2D eigenvalue weighted by Crippen LogP contribution is 2.59. The predicted molar refractivity (Wildman–Crippen MR) is 66.8 cm³/mol. The van der Waals surface area contributed by atoms with Crippen molar-refractivity contribution in [1.82, 2.24) is 0 Å². The van der Waals surface area contributed by atoms with Gasteiger partial charge in [-0.3, -0.25) is 14.9 Å². The molecular weight excluding hydrogens is 289 g/mol. The fourth-order valence-electron chi connectivity index (χ4n) is 2.82. The number of hydrogen-bond acceptors (Lipinski definition) is 4. The van der Waals surface area contributed by atoms with Crippen molar-refractivity contribution in [2.24, 2.45) is 5.41 Å². The highest BCUT2D eigenvalue weighted by Gasteiger charge is 2.64. The Bertz CT molecular complexity index is 644. The Morgan fingerprint density at radius 1 is 1.38 bits per heavy atom. The van der Waals surface area contributed by atoms with Gasteiger partial charge in [0, 0.05) is 30.3 Å². The summed E-state index contributed by atoms with van der Waals surface area (Å²) in [4.78, 5) is 21.2. The number of ketones is 1. The Labute approximate surface area is 117 Å². The van der Waals surface area contributed by atoms with Crippen LogP contribution in [-0.4, -0.2) is 16.7 Å². The van der Waals surface area contributed by atoms with E-state index in [1.54, 1.807) is 0 Å². The lowest BCUT2D eigenvalue weighted by molar-refractivity contribution is -0.385. The second-order valence-corrected chi connectivity index (χ2v) is 5.47. The van der Waals surface area contributed by atoms with E-state index in [-0.39, 0.29) is 17.5 Å². The van der Waals surface area contributed by atoms with Crippen molar-refractivity contribution in [3.8, 4) is 0 Å². The maximum Gasteiger partial charge on any atom is 0.418 e. The minimum absolute atomic E-state index is 0.0791. The van der Waals surface area contributed by atoms with Gasteiger partial charge in [0.1, 0.15) is 5.78 Å². The molecule has 2 atom stereocenters. The molecule has 0 heterocycles. The number of benzene rings is 1. The number of nitrogens with one attached hydrogen (secondary N) is 1. The molecule has 0 bridgehead atoms. The van der Waals surface area contributed by atoms with E-state index < -0.39 is 27.8 Å². The number of hydrogen-bond donors (Lipinski definition) is 1. The Hall–Kier alpha value is -2.12. The fraction of sp³-hybridized carbons (Fsp3) is 0.462. The molecule has 0 aromatic heterocycles. The average Bonchev–Trinajstić information content (AvgIpc) is 3.13. The third-order valence-electron chi connectivity index (χ3n) is 4.28. The number of anilines is 1. The first-order chi connectivity index (χ1) is 9.74. The van der Waals surface area contributed by atoms with Crippen LogP contribution in [-0.2, 0) is 11.0 Å². The van der Waals surface area contributed by atoms with Crippen LogP contribution in [0.3, 0.4) is 0 Å². The molecule has 0 radical (unpaired) electrons. The van der Waals surface area contributed by atoms with Gasteiger partial charge in [-0.15, -0.1) is 0 Å². The van der Waals surface area contributed by atoms with Crippen LogP contribution in [0.1, 0.15) is 24.8 Å². The standard InChI is InChI=1S/C13H11F3N2O3/c14-13(15,16)8-5-7(18(20)21)1-2-9(8)17-10-6-12(10)4-3-11(12)19/h1-2,5,10,17H,3-4,6H2. The second kappa shape index (κ2) is 4.19. The molecule has 5 nitrogen and oxygen atoms in total. The lowest BCUT2D eigenvalue weighted by Gasteiger charge is -2.25. The van der Waals surface area contributed by atoms with Crippen LogP contribution in [0.4, 0.5) is 24.5 Å². The van der Waals surface area contributed by atoms with E-state index in [0.29, 0.717) is 25.3 Å². The zero-order valence-corrected chi connectivity index (χ0v) is 10.7. The maximum atomic E-state index is 13.0. The molecule has 2 aliphatic carbocycles. The number of alkyl halides is 3. The van der Waals surface area contributed by atoms with Gasteiger partial charge in [0.2, 0.25) is 0 Å². The van der Waals surface area contributed by atoms with E-state index >= 15 is 0 Å². The van der Waals surface area contributed by atoms with Crippen molar-refractivity contribution in [3.63, 3.8) is 0 Å². The molecule has 8 heteroatoms. The number of nitro benzene ring substituents is 1. The van der Waals surface area contributed by atoms with E-state index in [9.17, 15) is 28.1 Å². The first kappa shape index (κ1) is 13.8. The second-order valence-electron chi connectivity index (χ2n) is 5.47. The number of carbonyl (C=O) groups excluding carboxylic acids is 1. The van der Waals surface area contributed by atoms with Gasteiger partial charge in [-0.1, -0.05) is 0 Å². The SMILES string of the molecule is O=C1CCC12CC2Nc1ccc([N+](=O)[O-])cc1C(F)(F)F. The number of nitrogens with zero attached hydrogens (tertiary/aromatic N) is 1. The van der Waals surface area contributed by atoms with Crippen molar-refractivity contribution in [2.75, 3.05) is 5.32 Å². The normalized spacial score (nSPS) is 27.4. The first-order valence-corrected chi connectivity index (χ1v) is 6.39. The Kier molecular flexibility index (Phi) is 2.76. The number of rotatable bonds is 3. The molecule has 2 saturated carbocycles. The molecule has 1 spiro atoms. The van der Waals surface area contributed by atoms with Gasteiger partial charge >= 0.3 is 6.18 Å². The van der Waals surface area contributed by atoms with Gasteiger partial charge in [-0.25, -0.2) is 0 Å². The molecule has 1 aromatic rings. The number of carbonyl (C=O) groups is 1. The molecule has 2 unspecified atom stereocenters. The van der Waals surface area contributed by atoms with Crippen LogP contribution in [0.2, 0.25) is 0 Å². The summed E-state index contributed by atoms with van der Waals surface area (Å²) in [5.41, 5.74) is -2.40. The van der Waals surface area contributed by atoms with Crippen molar-refractivity contribution in [1.29, 1.82) is 0 Å². The van der Waals surface area contributed by atoms with Crippen LogP contribution in [0, 0.1) is 15.5 Å². The molecular formula is C13H11F3N2O3. The van der Waals surface area contributed by atoms with Crippen LogP contribution in [0.5, 0.6) is 0 Å². The summed E-state index contributed by atoms with van der Waals surface area (Å²) >= 11 is 0. The summed E-state index contributed by atoms with van der Waals surface area (Å²) in [7, 11) is 0. The first-order valence-electron chi connectivity index (χ1n) is 6.39. The van der Waals surface area contributed by atoms with Crippen molar-refractivity contribution in [2.45, 2.75) is 31.5 Å². The third-order valence-corrected chi connectivity index (χ3v) is 4.28. The molecule has 2 fully saturated rings. The van der Waals surface area contributed by atoms with E-state index in [1.807, 2.05) is 0 Å². The average molecular weight is 300 g/mol. The Morgan fingerprint density at radius 3 is 2.52 bits per heavy atom. The monoisotopic (exact) mass is 300 g/mol. The summed E-state index contributed by atoms with van der Waals surface area (Å²) in [5.74, 6) is 0.0791. The van der Waals surface area contributed by atoms with Crippen molar-refractivity contribution in [3.05, 3.63) is 33.9 Å². The van der Waals surface area contributed by atoms with E-state index in [1.165, 1.54) is 0 Å². The van der Waals surface area contributed by atoms with E-state index in [0.717, 1.165) is 12.1 Å². The number of nitro groups is 1. The van der Waals surface area contributed by atoms with Crippen LogP contribution >= 0.6 is 0 Å². The number of Topliss-reactive ketones (excluding diaryl/α,β-unsaturated/α-hetero) is 1. The zero-order valence-electron chi connectivity index (χ0n) is 10.7. The smallest absolute Gasteiger partial charge is 0.381 e. The Balaban J connectivity index is 1.88. The third kappa shape index (κ3) is 2.14. The number of halogens is 3. The molecule has 0 saturated heterocycles. The van der Waals surface area contributed by atoms with Gasteiger partial charge in [0.25, 0.3) is 5.69 Å². The minimum atomic E-state index is -4.69. The predicted octanol–water partition coefficient (Wildman–Crippen LogP) is 3.15. The van der Waals surface area contributed by atoms with Crippen LogP contribution in [0.15, 0.2) is 18.2 Å². The quantitative estimate of drug-likeness (QED) is 0.687. The number of non-ortho nitro benzene ring substituents is 1. The van der Waals surface area contributed by atoms with Gasteiger partial charge in [0.15, 0.2) is 0 Å². The molecule has 0 aliphatic heterocycles. The molecule has 0 amide bonds. The van der Waals surface area contributed by atoms with E-state index in [4.69, 9.17) is 0 Å². The minimum Gasteiger partial charge on any atom is -0.381 e. The van der Waals surface area contributed by atoms with E-state index in [2.05, 4.69) is 5.32 Å². The van der Waals surface area contributed by atoms with Crippen molar-refractivity contribution >= 4 is 17.2 Å². The lowest BCUT2D eigenvalue weighted by Crippen LogP contribution is -2.33. The summed E-state index contributed by atoms with van der Waals surface area (Å²) in [6.07, 6.45) is -3.00. The molecule has 1 aromatic carbocycles. The highest BCUT2D eigenvalue weighted by molar-refractivity contribution is 5.95. The maximum absolute atomic E-state index is 13.0. The zero-order chi connectivity index (χ0) is 15.4. The van der Waals surface area contributed by atoms with Gasteiger partial charge in [-0.2, -0.15) is 13.2 Å². The summed E-state index contributed by atoms with van der Waals surface area (Å²) in [6, 6.07) is 2.28. The topological polar surface area (TPSA) is 72.2 Å². The molecule has 21 heavy (non-hydrogen) atoms. The molecule has 2 aliphatic rings. The Morgan fingerprint density at radius 2 is 2.10 bits per heavy atom. The van der Waals surface area contributed by atoms with Crippen molar-refractivity contribution < 1.29 is 22.9 Å². The lowest BCUT2D eigenvalue weighted by atomic mass is 9.79. The largest absolute Gasteiger partial charge is 0.418 e. The molecule has 1 N–H and O–H groups in total. The molecule has 3 rings (SSSR count). The molecule has 112 valence electrons. The van der Waals surface area contributed by atoms with Crippen LogP contribution < -0.4 is 5.32 Å². The summed E-state index contributed by atoms with van der Waals surface area (Å²) in [6.45, 7) is 0. The van der Waals surface area contributed by atoms with Gasteiger partial charge in [0.05, 0.1) is 15.9 Å². The highest BCUT2D eigenvalue weighted by atomic mass is 19.4. The summed E-state index contributed by atoms with van der Waals surface area (Å²) in [5, 5.41) is 13.3. The van der Waals surface area contributed by atoms with Gasteiger partial charge in [-0.05, 0) is 18.9 Å². The van der Waals surface area contributed by atoms with Crippen LogP contribution in [0.25, 0.3) is 0 Å². The fourth-order valence-corrected chi connectivity index (χ4v) is 2.82.